The van der Waals surface area contributed by atoms with Crippen LogP contribution in [0.5, 0.6) is 11.5 Å². The summed E-state index contributed by atoms with van der Waals surface area (Å²) in [6.45, 7) is 2.42. The van der Waals surface area contributed by atoms with Crippen LogP contribution in [0.3, 0.4) is 0 Å². The van der Waals surface area contributed by atoms with Gasteiger partial charge in [0.25, 0.3) is 11.7 Å². The molecule has 1 aliphatic heterocycles. The first-order chi connectivity index (χ1) is 19.0. The van der Waals surface area contributed by atoms with Gasteiger partial charge in [0.05, 0.1) is 18.4 Å². The Bertz CT molecular complexity index is 1530. The number of carbonyl (C=O) groups excluding carboxylic acids is 2. The quantitative estimate of drug-likeness (QED) is 0.185. The predicted octanol–water partition coefficient (Wildman–Crippen LogP) is 5.60. The van der Waals surface area contributed by atoms with Crippen LogP contribution in [0.1, 0.15) is 34.0 Å². The molecule has 0 radical (unpaired) electrons. The molecule has 0 spiro atoms. The van der Waals surface area contributed by atoms with Crippen molar-refractivity contribution in [3.63, 3.8) is 0 Å². The largest absolute Gasteiger partial charge is 0.507 e. The SMILES string of the molecule is COc1cccc(CN2C(=O)C(=O)/C(=C(\O)c3ccc(OCc4ccccc4)c(C)c3)C2c2ccccn2)c1. The van der Waals surface area contributed by atoms with Crippen molar-refractivity contribution >= 4 is 17.4 Å². The number of methoxy groups -OCH3 is 1. The van der Waals surface area contributed by atoms with E-state index in [-0.39, 0.29) is 17.9 Å². The summed E-state index contributed by atoms with van der Waals surface area (Å²) in [5, 5.41) is 11.4. The van der Waals surface area contributed by atoms with Gasteiger partial charge in [-0.25, -0.2) is 0 Å². The lowest BCUT2D eigenvalue weighted by Crippen LogP contribution is -2.29. The molecule has 0 bridgehead atoms. The summed E-state index contributed by atoms with van der Waals surface area (Å²) in [5.41, 5.74) is 3.51. The maximum Gasteiger partial charge on any atom is 0.296 e. The molecule has 196 valence electrons. The molecule has 5 rings (SSSR count). The molecule has 7 heteroatoms. The fourth-order valence-electron chi connectivity index (χ4n) is 4.71. The van der Waals surface area contributed by atoms with Crippen molar-refractivity contribution in [3.05, 3.63) is 131 Å². The highest BCUT2D eigenvalue weighted by Crippen LogP contribution is 2.40. The standard InChI is InChI=1S/C32H28N2O5/c1-21-17-24(14-15-27(21)39-20-22-9-4-3-5-10-22)30(35)28-29(26-13-6-7-16-33-26)34(32(37)31(28)36)19-23-11-8-12-25(18-23)38-2/h3-18,29,35H,19-20H2,1-2H3/b30-28-. The number of Topliss-reactive ketones (excluding diaryl/α,β-unsaturated/α-hetero) is 1. The number of aliphatic hydroxyl groups is 1. The first-order valence-electron chi connectivity index (χ1n) is 12.6. The molecule has 0 aliphatic carbocycles. The van der Waals surface area contributed by atoms with Crippen LogP contribution in [0.15, 0.2) is 103 Å². The summed E-state index contributed by atoms with van der Waals surface area (Å²) in [5.74, 6) is -0.406. The van der Waals surface area contributed by atoms with Gasteiger partial charge in [-0.3, -0.25) is 14.6 Å². The van der Waals surface area contributed by atoms with E-state index in [1.165, 1.54) is 4.90 Å². The highest BCUT2D eigenvalue weighted by Gasteiger charge is 2.46. The van der Waals surface area contributed by atoms with Crippen LogP contribution in [-0.2, 0) is 22.7 Å². The van der Waals surface area contributed by atoms with Crippen molar-refractivity contribution in [2.75, 3.05) is 7.11 Å². The van der Waals surface area contributed by atoms with E-state index < -0.39 is 17.7 Å². The number of carbonyl (C=O) groups is 2. The van der Waals surface area contributed by atoms with Crippen LogP contribution in [-0.4, -0.2) is 33.8 Å². The van der Waals surface area contributed by atoms with Crippen LogP contribution in [0.4, 0.5) is 0 Å². The van der Waals surface area contributed by atoms with Gasteiger partial charge in [-0.1, -0.05) is 48.5 Å². The molecule has 2 heterocycles. The summed E-state index contributed by atoms with van der Waals surface area (Å²) in [4.78, 5) is 32.5. The average Bonchev–Trinajstić information content (AvgIpc) is 3.22. The fourth-order valence-corrected chi connectivity index (χ4v) is 4.71. The van der Waals surface area contributed by atoms with Crippen LogP contribution in [0.25, 0.3) is 5.76 Å². The van der Waals surface area contributed by atoms with Gasteiger partial charge in [0.1, 0.15) is 29.9 Å². The summed E-state index contributed by atoms with van der Waals surface area (Å²) < 4.78 is 11.3. The van der Waals surface area contributed by atoms with Gasteiger partial charge in [0.2, 0.25) is 0 Å². The molecular formula is C32H28N2O5. The number of hydrogen-bond acceptors (Lipinski definition) is 6. The molecule has 1 aliphatic rings. The third-order valence-corrected chi connectivity index (χ3v) is 6.68. The lowest BCUT2D eigenvalue weighted by Gasteiger charge is -2.24. The first kappa shape index (κ1) is 25.7. The van der Waals surface area contributed by atoms with Gasteiger partial charge < -0.3 is 19.5 Å². The number of ether oxygens (including phenoxy) is 2. The minimum atomic E-state index is -0.855. The van der Waals surface area contributed by atoms with Crippen molar-refractivity contribution in [2.45, 2.75) is 26.1 Å². The van der Waals surface area contributed by atoms with Gasteiger partial charge in [0.15, 0.2) is 0 Å². The zero-order chi connectivity index (χ0) is 27.4. The van der Waals surface area contributed by atoms with Gasteiger partial charge in [-0.05, 0) is 66.1 Å². The number of benzene rings is 3. The lowest BCUT2D eigenvalue weighted by molar-refractivity contribution is -0.140. The Morgan fingerprint density at radius 1 is 0.923 bits per heavy atom. The van der Waals surface area contributed by atoms with Crippen LogP contribution in [0, 0.1) is 6.92 Å². The van der Waals surface area contributed by atoms with Gasteiger partial charge in [-0.2, -0.15) is 0 Å². The Balaban J connectivity index is 1.50. The van der Waals surface area contributed by atoms with Crippen molar-refractivity contribution in [3.8, 4) is 11.5 Å². The molecule has 1 unspecified atom stereocenters. The van der Waals surface area contributed by atoms with E-state index in [0.29, 0.717) is 29.4 Å². The molecule has 1 atom stereocenters. The number of aryl methyl sites for hydroxylation is 1. The minimum Gasteiger partial charge on any atom is -0.507 e. The molecule has 1 fully saturated rings. The minimum absolute atomic E-state index is 0.000972. The maximum absolute atomic E-state index is 13.4. The molecule has 0 saturated carbocycles. The number of amides is 1. The van der Waals surface area contributed by atoms with Crippen molar-refractivity contribution in [2.24, 2.45) is 0 Å². The molecule has 7 nitrogen and oxygen atoms in total. The molecular weight excluding hydrogens is 492 g/mol. The van der Waals surface area contributed by atoms with E-state index in [2.05, 4.69) is 4.98 Å². The van der Waals surface area contributed by atoms with Gasteiger partial charge >= 0.3 is 0 Å². The second-order valence-electron chi connectivity index (χ2n) is 9.29. The molecule has 1 amide bonds. The van der Waals surface area contributed by atoms with E-state index in [0.717, 1.165) is 16.7 Å². The number of rotatable bonds is 8. The second-order valence-corrected chi connectivity index (χ2v) is 9.29. The smallest absolute Gasteiger partial charge is 0.296 e. The number of aliphatic hydroxyl groups excluding tert-OH is 1. The van der Waals surface area contributed by atoms with Crippen LogP contribution in [0.2, 0.25) is 0 Å². The molecule has 1 saturated heterocycles. The van der Waals surface area contributed by atoms with Crippen LogP contribution >= 0.6 is 0 Å². The lowest BCUT2D eigenvalue weighted by atomic mass is 9.97. The number of ketones is 1. The summed E-state index contributed by atoms with van der Waals surface area (Å²) in [6.07, 6.45) is 1.60. The number of pyridine rings is 1. The average molecular weight is 521 g/mol. The monoisotopic (exact) mass is 520 g/mol. The third kappa shape index (κ3) is 5.38. The zero-order valence-electron chi connectivity index (χ0n) is 21.7. The zero-order valence-corrected chi connectivity index (χ0v) is 21.7. The van der Waals surface area contributed by atoms with E-state index in [1.807, 2.05) is 61.5 Å². The van der Waals surface area contributed by atoms with Gasteiger partial charge in [0, 0.05) is 18.3 Å². The summed E-state index contributed by atoms with van der Waals surface area (Å²) in [6, 6.07) is 26.8. The maximum atomic E-state index is 13.4. The third-order valence-electron chi connectivity index (χ3n) is 6.68. The van der Waals surface area contributed by atoms with Crippen molar-refractivity contribution < 1.29 is 24.2 Å². The van der Waals surface area contributed by atoms with Crippen LogP contribution < -0.4 is 9.47 Å². The number of hydrogen-bond donors (Lipinski definition) is 1. The number of likely N-dealkylation sites (tertiary alicyclic amines) is 1. The highest BCUT2D eigenvalue weighted by molar-refractivity contribution is 6.46. The summed E-state index contributed by atoms with van der Waals surface area (Å²) >= 11 is 0. The van der Waals surface area contributed by atoms with Crippen molar-refractivity contribution in [1.82, 2.24) is 9.88 Å². The molecule has 4 aromatic rings. The van der Waals surface area contributed by atoms with E-state index >= 15 is 0 Å². The topological polar surface area (TPSA) is 89.0 Å². The Morgan fingerprint density at radius 3 is 2.41 bits per heavy atom. The van der Waals surface area contributed by atoms with E-state index in [4.69, 9.17) is 9.47 Å². The molecule has 1 N–H and O–H groups in total. The van der Waals surface area contributed by atoms with E-state index in [1.54, 1.807) is 49.7 Å². The summed E-state index contributed by atoms with van der Waals surface area (Å²) in [7, 11) is 1.57. The normalized spacial score (nSPS) is 16.4. The Hall–Kier alpha value is -4.91. The second kappa shape index (κ2) is 11.2. The Labute approximate surface area is 227 Å². The highest BCUT2D eigenvalue weighted by atomic mass is 16.5. The first-order valence-corrected chi connectivity index (χ1v) is 12.6. The predicted molar refractivity (Wildman–Crippen MR) is 147 cm³/mol. The molecule has 3 aromatic carbocycles. The Kier molecular flexibility index (Phi) is 7.41. The van der Waals surface area contributed by atoms with Gasteiger partial charge in [-0.15, -0.1) is 0 Å². The number of aromatic nitrogens is 1. The molecule has 1 aromatic heterocycles. The fraction of sp³-hybridized carbons (Fsp3) is 0.156. The number of nitrogens with zero attached hydrogens (tertiary/aromatic N) is 2. The molecule has 39 heavy (non-hydrogen) atoms. The van der Waals surface area contributed by atoms with Crippen molar-refractivity contribution in [1.29, 1.82) is 0 Å². The Morgan fingerprint density at radius 2 is 1.69 bits per heavy atom. The van der Waals surface area contributed by atoms with E-state index in [9.17, 15) is 14.7 Å².